The zero-order valence-electron chi connectivity index (χ0n) is 12.6. The van der Waals surface area contributed by atoms with Crippen LogP contribution in [-0.4, -0.2) is 18.3 Å². The Kier molecular flexibility index (Phi) is 7.82. The van der Waals surface area contributed by atoms with Gasteiger partial charge < -0.3 is 5.32 Å². The first-order chi connectivity index (χ1) is 9.17. The third kappa shape index (κ3) is 5.33. The van der Waals surface area contributed by atoms with E-state index in [1.54, 1.807) is 0 Å². The quantitative estimate of drug-likeness (QED) is 0.716. The Morgan fingerprint density at radius 2 is 1.63 bits per heavy atom. The molecule has 1 N–H and O–H groups in total. The maximum Gasteiger partial charge on any atom is 0.223 e. The molecule has 0 aliphatic heterocycles. The van der Waals surface area contributed by atoms with Crippen LogP contribution in [0.4, 0.5) is 0 Å². The van der Waals surface area contributed by atoms with Crippen LogP contribution in [0.5, 0.6) is 0 Å². The molecule has 1 aliphatic carbocycles. The highest BCUT2D eigenvalue weighted by Crippen LogP contribution is 2.28. The topological polar surface area (TPSA) is 29.1 Å². The Morgan fingerprint density at radius 1 is 1.11 bits per heavy atom. The van der Waals surface area contributed by atoms with E-state index < -0.39 is 0 Å². The molecule has 1 aliphatic rings. The van der Waals surface area contributed by atoms with Crippen molar-refractivity contribution in [3.63, 3.8) is 0 Å². The van der Waals surface area contributed by atoms with Gasteiger partial charge in [0.15, 0.2) is 0 Å². The van der Waals surface area contributed by atoms with E-state index in [1.165, 1.54) is 32.1 Å². The molecule has 3 heteroatoms. The molecular weight excluding hydrogens is 258 g/mol. The molecule has 1 amide bonds. The van der Waals surface area contributed by atoms with Gasteiger partial charge in [-0.25, -0.2) is 0 Å². The van der Waals surface area contributed by atoms with Crippen molar-refractivity contribution < 1.29 is 4.79 Å². The molecule has 112 valence electrons. The summed E-state index contributed by atoms with van der Waals surface area (Å²) in [6, 6.07) is 0. The molecule has 0 unspecified atom stereocenters. The zero-order valence-corrected chi connectivity index (χ0v) is 13.4. The standard InChI is InChI=1S/C16H30ClNO/c1-3-16(4-2,12-17)13-18-15(19)14-10-8-6-5-7-9-11-14/h14H,3-13H2,1-2H3,(H,18,19). The van der Waals surface area contributed by atoms with Crippen molar-refractivity contribution in [2.24, 2.45) is 11.3 Å². The fourth-order valence-electron chi connectivity index (χ4n) is 2.87. The summed E-state index contributed by atoms with van der Waals surface area (Å²) in [5, 5.41) is 3.17. The molecule has 0 aromatic heterocycles. The number of carbonyl (C=O) groups excluding carboxylic acids is 1. The van der Waals surface area contributed by atoms with Gasteiger partial charge in [-0.2, -0.15) is 0 Å². The zero-order chi connectivity index (χ0) is 14.1. The summed E-state index contributed by atoms with van der Waals surface area (Å²) in [5.41, 5.74) is 0.0822. The number of carbonyl (C=O) groups is 1. The molecule has 0 saturated heterocycles. The minimum Gasteiger partial charge on any atom is -0.355 e. The highest BCUT2D eigenvalue weighted by Gasteiger charge is 2.27. The molecule has 2 nitrogen and oxygen atoms in total. The first-order valence-corrected chi connectivity index (χ1v) is 8.54. The fraction of sp³-hybridized carbons (Fsp3) is 0.938. The van der Waals surface area contributed by atoms with Crippen LogP contribution in [0.1, 0.15) is 71.6 Å². The lowest BCUT2D eigenvalue weighted by Gasteiger charge is -2.30. The lowest BCUT2D eigenvalue weighted by atomic mass is 9.84. The molecule has 0 radical (unpaired) electrons. The van der Waals surface area contributed by atoms with Crippen LogP contribution in [0.25, 0.3) is 0 Å². The van der Waals surface area contributed by atoms with Gasteiger partial charge >= 0.3 is 0 Å². The predicted octanol–water partition coefficient (Wildman–Crippen LogP) is 4.51. The van der Waals surface area contributed by atoms with Crippen molar-refractivity contribution in [2.45, 2.75) is 71.6 Å². The molecule has 1 fully saturated rings. The average molecular weight is 288 g/mol. The van der Waals surface area contributed by atoms with Crippen LogP contribution in [-0.2, 0) is 4.79 Å². The number of hydrogen-bond acceptors (Lipinski definition) is 1. The average Bonchev–Trinajstić information content (AvgIpc) is 2.40. The summed E-state index contributed by atoms with van der Waals surface area (Å²) in [6.45, 7) is 5.06. The van der Waals surface area contributed by atoms with E-state index in [4.69, 9.17) is 11.6 Å². The summed E-state index contributed by atoms with van der Waals surface area (Å²) in [4.78, 5) is 12.3. The second kappa shape index (κ2) is 8.84. The maximum absolute atomic E-state index is 12.3. The largest absolute Gasteiger partial charge is 0.355 e. The summed E-state index contributed by atoms with van der Waals surface area (Å²) in [7, 11) is 0. The Balaban J connectivity index is 2.44. The van der Waals surface area contributed by atoms with Crippen molar-refractivity contribution >= 4 is 17.5 Å². The van der Waals surface area contributed by atoms with Gasteiger partial charge in [0.05, 0.1) is 0 Å². The number of nitrogens with one attached hydrogen (secondary N) is 1. The number of halogens is 1. The second-order valence-corrected chi connectivity index (χ2v) is 6.37. The number of hydrogen-bond donors (Lipinski definition) is 1. The number of alkyl halides is 1. The van der Waals surface area contributed by atoms with E-state index in [0.29, 0.717) is 5.88 Å². The molecule has 1 saturated carbocycles. The van der Waals surface area contributed by atoms with Crippen LogP contribution >= 0.6 is 11.6 Å². The minimum absolute atomic E-state index is 0.0822. The van der Waals surface area contributed by atoms with Crippen molar-refractivity contribution in [3.8, 4) is 0 Å². The van der Waals surface area contributed by atoms with Crippen LogP contribution in [0.2, 0.25) is 0 Å². The third-order valence-corrected chi connectivity index (χ3v) is 5.46. The molecular formula is C16H30ClNO. The molecule has 0 atom stereocenters. The van der Waals surface area contributed by atoms with Gasteiger partial charge in [-0.05, 0) is 25.7 Å². The summed E-state index contributed by atoms with van der Waals surface area (Å²) in [6.07, 6.45) is 10.5. The van der Waals surface area contributed by atoms with Crippen LogP contribution in [0.15, 0.2) is 0 Å². The normalized spacial score (nSPS) is 18.7. The van der Waals surface area contributed by atoms with E-state index in [1.807, 2.05) is 0 Å². The smallest absolute Gasteiger partial charge is 0.223 e. The summed E-state index contributed by atoms with van der Waals surface area (Å²) in [5.74, 6) is 1.13. The van der Waals surface area contributed by atoms with Gasteiger partial charge in [-0.3, -0.25) is 4.79 Å². The van der Waals surface area contributed by atoms with Crippen molar-refractivity contribution in [3.05, 3.63) is 0 Å². The summed E-state index contributed by atoms with van der Waals surface area (Å²) < 4.78 is 0. The molecule has 0 aromatic carbocycles. The van der Waals surface area contributed by atoms with Crippen LogP contribution in [0.3, 0.4) is 0 Å². The van der Waals surface area contributed by atoms with Crippen molar-refractivity contribution in [1.82, 2.24) is 5.32 Å². The lowest BCUT2D eigenvalue weighted by molar-refractivity contribution is -0.126. The van der Waals surface area contributed by atoms with Gasteiger partial charge in [-0.1, -0.05) is 46.0 Å². The van der Waals surface area contributed by atoms with Gasteiger partial charge in [0.1, 0.15) is 0 Å². The fourth-order valence-corrected chi connectivity index (χ4v) is 3.35. The second-order valence-electron chi connectivity index (χ2n) is 6.10. The highest BCUT2D eigenvalue weighted by atomic mass is 35.5. The highest BCUT2D eigenvalue weighted by molar-refractivity contribution is 6.18. The summed E-state index contributed by atoms with van der Waals surface area (Å²) >= 11 is 6.09. The van der Waals surface area contributed by atoms with E-state index in [0.717, 1.165) is 32.2 Å². The lowest BCUT2D eigenvalue weighted by Crippen LogP contribution is -2.41. The molecule has 0 aromatic rings. The van der Waals surface area contributed by atoms with Crippen LogP contribution in [0, 0.1) is 11.3 Å². The van der Waals surface area contributed by atoms with Gasteiger partial charge in [-0.15, -0.1) is 11.6 Å². The molecule has 1 rings (SSSR count). The minimum atomic E-state index is 0.0822. The molecule has 0 spiro atoms. The Labute approximate surface area is 123 Å². The monoisotopic (exact) mass is 287 g/mol. The van der Waals surface area contributed by atoms with Crippen molar-refractivity contribution in [1.29, 1.82) is 0 Å². The van der Waals surface area contributed by atoms with Gasteiger partial charge in [0.25, 0.3) is 0 Å². The maximum atomic E-state index is 12.3. The first kappa shape index (κ1) is 16.8. The third-order valence-electron chi connectivity index (χ3n) is 4.90. The van der Waals surface area contributed by atoms with E-state index in [2.05, 4.69) is 19.2 Å². The number of amides is 1. The Hall–Kier alpha value is -0.240. The van der Waals surface area contributed by atoms with Crippen molar-refractivity contribution in [2.75, 3.05) is 12.4 Å². The van der Waals surface area contributed by atoms with Gasteiger partial charge in [0.2, 0.25) is 5.91 Å². The van der Waals surface area contributed by atoms with E-state index in [9.17, 15) is 4.79 Å². The molecule has 0 heterocycles. The molecule has 19 heavy (non-hydrogen) atoms. The van der Waals surface area contributed by atoms with E-state index in [-0.39, 0.29) is 17.2 Å². The van der Waals surface area contributed by atoms with Crippen LogP contribution < -0.4 is 5.32 Å². The Morgan fingerprint density at radius 3 is 2.11 bits per heavy atom. The van der Waals surface area contributed by atoms with E-state index >= 15 is 0 Å². The number of rotatable bonds is 6. The van der Waals surface area contributed by atoms with Gasteiger partial charge in [0, 0.05) is 23.8 Å². The Bertz CT molecular complexity index is 247. The SMILES string of the molecule is CCC(CC)(CCl)CNC(=O)C1CCCCCCC1. The molecule has 0 bridgehead atoms. The first-order valence-electron chi connectivity index (χ1n) is 8.01. The predicted molar refractivity (Wildman–Crippen MR) is 82.6 cm³/mol.